The third kappa shape index (κ3) is 3.93. The molecule has 0 radical (unpaired) electrons. The Labute approximate surface area is 161 Å². The molecule has 0 aromatic carbocycles. The summed E-state index contributed by atoms with van der Waals surface area (Å²) in [6.45, 7) is 5.84. The molecule has 1 saturated heterocycles. The van der Waals surface area contributed by atoms with Gasteiger partial charge in [0.1, 0.15) is 6.17 Å². The maximum Gasteiger partial charge on any atom is 0.337 e. The first-order valence-corrected chi connectivity index (χ1v) is 10.5. The minimum absolute atomic E-state index is 0.0710. The highest BCUT2D eigenvalue weighted by Gasteiger charge is 2.42. The van der Waals surface area contributed by atoms with Crippen LogP contribution in [0, 0.1) is 11.8 Å². The fourth-order valence-electron chi connectivity index (χ4n) is 4.96. The first-order chi connectivity index (χ1) is 13.1. The Bertz CT molecular complexity index is 634. The van der Waals surface area contributed by atoms with Gasteiger partial charge >= 0.3 is 5.97 Å². The average Bonchev–Trinajstić information content (AvgIpc) is 3.49. The van der Waals surface area contributed by atoms with Crippen LogP contribution in [-0.2, 0) is 9.53 Å². The number of aliphatic hydroxyl groups is 1. The Kier molecular flexibility index (Phi) is 5.58. The van der Waals surface area contributed by atoms with Gasteiger partial charge in [0, 0.05) is 31.2 Å². The first kappa shape index (κ1) is 19.0. The number of aliphatic carboxylic acids is 1. The summed E-state index contributed by atoms with van der Waals surface area (Å²) in [6, 6.07) is 0. The van der Waals surface area contributed by atoms with Crippen LogP contribution >= 0.6 is 0 Å². The normalized spacial score (nSPS) is 33.2. The van der Waals surface area contributed by atoms with Gasteiger partial charge in [0.2, 0.25) is 0 Å². The van der Waals surface area contributed by atoms with E-state index >= 15 is 0 Å². The van der Waals surface area contributed by atoms with Crippen molar-refractivity contribution in [2.24, 2.45) is 11.8 Å². The van der Waals surface area contributed by atoms with E-state index in [0.717, 1.165) is 82.6 Å². The predicted molar refractivity (Wildman–Crippen MR) is 102 cm³/mol. The molecule has 2 N–H and O–H groups in total. The highest BCUT2D eigenvalue weighted by atomic mass is 16.5. The number of morpholine rings is 1. The second kappa shape index (κ2) is 7.94. The lowest BCUT2D eigenvalue weighted by Gasteiger charge is -2.47. The van der Waals surface area contributed by atoms with Gasteiger partial charge in [-0.3, -0.25) is 4.90 Å². The van der Waals surface area contributed by atoms with Gasteiger partial charge in [-0.2, -0.15) is 0 Å². The van der Waals surface area contributed by atoms with Crippen LogP contribution in [0.4, 0.5) is 0 Å². The molecule has 2 heterocycles. The molecule has 3 fully saturated rings. The molecule has 4 aliphatic rings. The SMILES string of the molecule is CC1=CC(N2CCOCC2)N(C[C@@H]2CCCC[C@H]2O)C(C2CC2)=C1C(=O)O. The predicted octanol–water partition coefficient (Wildman–Crippen LogP) is 2.21. The van der Waals surface area contributed by atoms with Gasteiger partial charge in [-0.1, -0.05) is 12.8 Å². The van der Waals surface area contributed by atoms with E-state index in [9.17, 15) is 15.0 Å². The van der Waals surface area contributed by atoms with E-state index in [4.69, 9.17) is 4.74 Å². The molecule has 0 bridgehead atoms. The number of hydrogen-bond acceptors (Lipinski definition) is 5. The summed E-state index contributed by atoms with van der Waals surface area (Å²) in [4.78, 5) is 16.8. The maximum absolute atomic E-state index is 12.1. The van der Waals surface area contributed by atoms with Crippen molar-refractivity contribution < 1.29 is 19.7 Å². The number of carboxylic acids is 1. The molecule has 0 amide bonds. The van der Waals surface area contributed by atoms with Crippen LogP contribution in [0.25, 0.3) is 0 Å². The van der Waals surface area contributed by atoms with Crippen LogP contribution < -0.4 is 0 Å². The van der Waals surface area contributed by atoms with Crippen molar-refractivity contribution in [3.05, 3.63) is 22.9 Å². The summed E-state index contributed by atoms with van der Waals surface area (Å²) >= 11 is 0. The Morgan fingerprint density at radius 3 is 2.52 bits per heavy atom. The zero-order valence-corrected chi connectivity index (χ0v) is 16.3. The van der Waals surface area contributed by atoms with Gasteiger partial charge < -0.3 is 19.8 Å². The van der Waals surface area contributed by atoms with Crippen LogP contribution in [-0.4, -0.2) is 71.1 Å². The smallest absolute Gasteiger partial charge is 0.337 e. The van der Waals surface area contributed by atoms with E-state index in [2.05, 4.69) is 15.9 Å². The Balaban J connectivity index is 1.68. The van der Waals surface area contributed by atoms with E-state index in [1.807, 2.05) is 6.92 Å². The molecule has 1 unspecified atom stereocenters. The van der Waals surface area contributed by atoms with Crippen molar-refractivity contribution in [1.82, 2.24) is 9.80 Å². The number of ether oxygens (including phenoxy) is 1. The van der Waals surface area contributed by atoms with E-state index in [1.54, 1.807) is 0 Å². The maximum atomic E-state index is 12.1. The van der Waals surface area contributed by atoms with E-state index in [1.165, 1.54) is 0 Å². The lowest BCUT2D eigenvalue weighted by atomic mass is 9.85. The molecule has 2 aliphatic carbocycles. The van der Waals surface area contributed by atoms with Crippen molar-refractivity contribution in [2.45, 2.75) is 57.7 Å². The van der Waals surface area contributed by atoms with E-state index in [0.29, 0.717) is 11.5 Å². The molecule has 2 aliphatic heterocycles. The zero-order valence-electron chi connectivity index (χ0n) is 16.3. The third-order valence-electron chi connectivity index (χ3n) is 6.58. The number of carbonyl (C=O) groups is 1. The average molecular weight is 376 g/mol. The molecule has 3 atom stereocenters. The molecule has 6 heteroatoms. The number of aliphatic hydroxyl groups excluding tert-OH is 1. The van der Waals surface area contributed by atoms with Crippen molar-refractivity contribution in [2.75, 3.05) is 32.8 Å². The minimum Gasteiger partial charge on any atom is -0.478 e. The van der Waals surface area contributed by atoms with Gasteiger partial charge in [0.15, 0.2) is 0 Å². The largest absolute Gasteiger partial charge is 0.478 e. The Hall–Kier alpha value is -1.37. The quantitative estimate of drug-likeness (QED) is 0.766. The molecule has 6 nitrogen and oxygen atoms in total. The molecule has 0 aromatic heterocycles. The van der Waals surface area contributed by atoms with Gasteiger partial charge in [0.05, 0.1) is 24.9 Å². The van der Waals surface area contributed by atoms with Gasteiger partial charge in [-0.05, 0) is 50.2 Å². The molecular weight excluding hydrogens is 344 g/mol. The number of allylic oxidation sites excluding steroid dienone is 1. The highest BCUT2D eigenvalue weighted by Crippen LogP contribution is 2.45. The number of carboxylic acid groups (broad SMARTS) is 1. The second-order valence-electron chi connectivity index (χ2n) is 8.52. The van der Waals surface area contributed by atoms with Crippen molar-refractivity contribution in [3.8, 4) is 0 Å². The summed E-state index contributed by atoms with van der Waals surface area (Å²) in [6.07, 6.45) is 8.19. The van der Waals surface area contributed by atoms with Crippen molar-refractivity contribution >= 4 is 5.97 Å². The standard InChI is InChI=1S/C21H32N2O4/c1-14-12-18(22-8-10-27-11-9-22)23(13-16-4-2-3-5-17(16)24)20(15-6-7-15)19(14)21(25)26/h12,15-18,24H,2-11,13H2,1H3,(H,25,26)/t16-,17+,18?/m0/s1. The van der Waals surface area contributed by atoms with Crippen LogP contribution in [0.2, 0.25) is 0 Å². The van der Waals surface area contributed by atoms with Crippen LogP contribution in [0.3, 0.4) is 0 Å². The highest BCUT2D eigenvalue weighted by molar-refractivity contribution is 5.93. The minimum atomic E-state index is -0.819. The lowest BCUT2D eigenvalue weighted by Crippen LogP contribution is -2.55. The fraction of sp³-hybridized carbons (Fsp3) is 0.762. The molecule has 4 rings (SSSR count). The lowest BCUT2D eigenvalue weighted by molar-refractivity contribution is -0.132. The molecular formula is C21H32N2O4. The number of nitrogens with zero attached hydrogens (tertiary/aromatic N) is 2. The summed E-state index contributed by atoms with van der Waals surface area (Å²) in [5.41, 5.74) is 2.38. The summed E-state index contributed by atoms with van der Waals surface area (Å²) in [7, 11) is 0. The van der Waals surface area contributed by atoms with Crippen LogP contribution in [0.15, 0.2) is 22.9 Å². The summed E-state index contributed by atoms with van der Waals surface area (Å²) in [5.74, 6) is -0.248. The summed E-state index contributed by atoms with van der Waals surface area (Å²) in [5, 5.41) is 20.5. The van der Waals surface area contributed by atoms with Gasteiger partial charge in [0.25, 0.3) is 0 Å². The number of hydrogen-bond donors (Lipinski definition) is 2. The topological polar surface area (TPSA) is 73.2 Å². The monoisotopic (exact) mass is 376 g/mol. The number of rotatable bonds is 5. The Morgan fingerprint density at radius 2 is 1.89 bits per heavy atom. The molecule has 2 saturated carbocycles. The van der Waals surface area contributed by atoms with Crippen LogP contribution in [0.5, 0.6) is 0 Å². The van der Waals surface area contributed by atoms with E-state index in [-0.39, 0.29) is 18.2 Å². The fourth-order valence-corrected chi connectivity index (χ4v) is 4.96. The molecule has 150 valence electrons. The van der Waals surface area contributed by atoms with E-state index < -0.39 is 5.97 Å². The van der Waals surface area contributed by atoms with Crippen molar-refractivity contribution in [1.29, 1.82) is 0 Å². The van der Waals surface area contributed by atoms with Gasteiger partial charge in [-0.25, -0.2) is 4.79 Å². The van der Waals surface area contributed by atoms with Gasteiger partial charge in [-0.15, -0.1) is 0 Å². The first-order valence-electron chi connectivity index (χ1n) is 10.5. The van der Waals surface area contributed by atoms with Crippen LogP contribution in [0.1, 0.15) is 45.4 Å². The molecule has 0 spiro atoms. The summed E-state index contributed by atoms with van der Waals surface area (Å²) < 4.78 is 5.54. The molecule has 27 heavy (non-hydrogen) atoms. The zero-order chi connectivity index (χ0) is 19.0. The van der Waals surface area contributed by atoms with Crippen molar-refractivity contribution in [3.63, 3.8) is 0 Å². The Morgan fingerprint density at radius 1 is 1.19 bits per heavy atom. The molecule has 0 aromatic rings. The second-order valence-corrected chi connectivity index (χ2v) is 8.52. The third-order valence-corrected chi connectivity index (χ3v) is 6.58.